The van der Waals surface area contributed by atoms with Crippen LogP contribution in [0.3, 0.4) is 0 Å². The zero-order chi connectivity index (χ0) is 16.8. The number of carbonyl (C=O) groups excluding carboxylic acids is 2. The lowest BCUT2D eigenvalue weighted by atomic mass is 10.0. The van der Waals surface area contributed by atoms with Gasteiger partial charge in [0.15, 0.2) is 0 Å². The fourth-order valence-electron chi connectivity index (χ4n) is 2.47. The summed E-state index contributed by atoms with van der Waals surface area (Å²) in [5.41, 5.74) is 2.12. The van der Waals surface area contributed by atoms with Crippen LogP contribution in [0.25, 0.3) is 0 Å². The molecule has 23 heavy (non-hydrogen) atoms. The Balaban J connectivity index is 1.83. The van der Waals surface area contributed by atoms with Crippen molar-refractivity contribution < 1.29 is 9.59 Å². The first kappa shape index (κ1) is 18.1. The first-order valence-electron chi connectivity index (χ1n) is 7.33. The molecule has 1 aromatic rings. The summed E-state index contributed by atoms with van der Waals surface area (Å²) in [6.07, 6.45) is 2.16. The highest BCUT2D eigenvalue weighted by Gasteiger charge is 2.23. The fraction of sp³-hybridized carbons (Fsp3) is 0.375. The van der Waals surface area contributed by atoms with Gasteiger partial charge in [-0.1, -0.05) is 53.0 Å². The van der Waals surface area contributed by atoms with Crippen molar-refractivity contribution >= 4 is 52.3 Å². The Hall–Kier alpha value is -1.23. The molecule has 1 aromatic carbocycles. The first-order chi connectivity index (χ1) is 11.0. The van der Waals surface area contributed by atoms with Crippen LogP contribution in [0.5, 0.6) is 0 Å². The Morgan fingerprint density at radius 3 is 2.65 bits per heavy atom. The molecule has 0 aliphatic carbocycles. The Morgan fingerprint density at radius 2 is 1.91 bits per heavy atom. The molecule has 2 rings (SSSR count). The third-order valence-corrected chi connectivity index (χ3v) is 4.60. The predicted molar refractivity (Wildman–Crippen MR) is 93.9 cm³/mol. The second kappa shape index (κ2) is 8.57. The Labute approximate surface area is 150 Å². The molecule has 0 spiro atoms. The maximum Gasteiger partial charge on any atom is 0.227 e. The van der Waals surface area contributed by atoms with E-state index in [4.69, 9.17) is 34.8 Å². The van der Waals surface area contributed by atoms with E-state index >= 15 is 0 Å². The lowest BCUT2D eigenvalue weighted by molar-refractivity contribution is -0.121. The molecule has 7 heteroatoms. The lowest BCUT2D eigenvalue weighted by Crippen LogP contribution is -2.36. The number of benzene rings is 1. The van der Waals surface area contributed by atoms with Crippen LogP contribution in [-0.4, -0.2) is 24.9 Å². The Morgan fingerprint density at radius 1 is 1.17 bits per heavy atom. The quantitative estimate of drug-likeness (QED) is 0.823. The molecule has 0 unspecified atom stereocenters. The van der Waals surface area contributed by atoms with Crippen molar-refractivity contribution in [3.05, 3.63) is 39.4 Å². The van der Waals surface area contributed by atoms with Crippen molar-refractivity contribution in [3.63, 3.8) is 0 Å². The van der Waals surface area contributed by atoms with Crippen molar-refractivity contribution in [1.29, 1.82) is 0 Å². The molecule has 0 saturated carbocycles. The largest absolute Gasteiger partial charge is 0.351 e. The van der Waals surface area contributed by atoms with E-state index in [-0.39, 0.29) is 27.9 Å². The molecule has 1 aliphatic heterocycles. The van der Waals surface area contributed by atoms with Gasteiger partial charge in [-0.3, -0.25) is 9.59 Å². The number of para-hydroxylation sites is 1. The van der Waals surface area contributed by atoms with E-state index in [1.54, 1.807) is 4.90 Å². The van der Waals surface area contributed by atoms with Crippen molar-refractivity contribution in [2.45, 2.75) is 25.7 Å². The first-order valence-corrected chi connectivity index (χ1v) is 8.47. The smallest absolute Gasteiger partial charge is 0.227 e. The van der Waals surface area contributed by atoms with E-state index in [9.17, 15) is 9.59 Å². The molecule has 0 fully saturated rings. The van der Waals surface area contributed by atoms with Crippen LogP contribution in [0.15, 0.2) is 33.8 Å². The van der Waals surface area contributed by atoms with Gasteiger partial charge in [-0.25, -0.2) is 0 Å². The van der Waals surface area contributed by atoms with Crippen LogP contribution in [-0.2, 0) is 16.0 Å². The minimum absolute atomic E-state index is 0.0533. The summed E-state index contributed by atoms with van der Waals surface area (Å²) in [5.74, 6) is -0.0560. The van der Waals surface area contributed by atoms with E-state index in [0.29, 0.717) is 25.8 Å². The second-order valence-electron chi connectivity index (χ2n) is 5.22. The summed E-state index contributed by atoms with van der Waals surface area (Å²) in [4.78, 5) is 25.6. The standard InChI is InChI=1S/C16H17Cl3N2O2/c17-12(16(18)19)10-20-14(22)6-3-9-21-13-5-2-1-4-11(13)7-8-15(21)23/h1-2,4-5H,3,6-10H2,(H,20,22). The molecule has 0 bridgehead atoms. The van der Waals surface area contributed by atoms with Crippen LogP contribution in [0, 0.1) is 0 Å². The zero-order valence-corrected chi connectivity index (χ0v) is 14.7. The van der Waals surface area contributed by atoms with Gasteiger partial charge in [-0.2, -0.15) is 0 Å². The molecule has 4 nitrogen and oxygen atoms in total. The Bertz CT molecular complexity index is 628. The number of carbonyl (C=O) groups is 2. The van der Waals surface area contributed by atoms with Crippen molar-refractivity contribution in [2.75, 3.05) is 18.0 Å². The molecular weight excluding hydrogens is 359 g/mol. The number of anilines is 1. The van der Waals surface area contributed by atoms with Gasteiger partial charge in [-0.15, -0.1) is 0 Å². The summed E-state index contributed by atoms with van der Waals surface area (Å²) < 4.78 is -0.0533. The molecule has 0 saturated heterocycles. The Kier molecular flexibility index (Phi) is 6.75. The van der Waals surface area contributed by atoms with E-state index in [2.05, 4.69) is 5.32 Å². The summed E-state index contributed by atoms with van der Waals surface area (Å²) in [7, 11) is 0. The summed E-state index contributed by atoms with van der Waals surface area (Å²) in [5, 5.41) is 2.83. The number of halogens is 3. The normalized spacial score (nSPS) is 13.5. The van der Waals surface area contributed by atoms with Crippen LogP contribution in [0.2, 0.25) is 0 Å². The third kappa shape index (κ3) is 5.13. The van der Waals surface area contributed by atoms with Gasteiger partial charge >= 0.3 is 0 Å². The number of rotatable bonds is 6. The molecule has 2 amide bonds. The van der Waals surface area contributed by atoms with Crippen LogP contribution in [0.4, 0.5) is 5.69 Å². The summed E-state index contributed by atoms with van der Waals surface area (Å²) in [6.45, 7) is 0.622. The van der Waals surface area contributed by atoms with Gasteiger partial charge < -0.3 is 10.2 Å². The topological polar surface area (TPSA) is 49.4 Å². The average Bonchev–Trinajstić information content (AvgIpc) is 2.54. The molecule has 0 atom stereocenters. The van der Waals surface area contributed by atoms with E-state index < -0.39 is 0 Å². The molecular formula is C16H17Cl3N2O2. The van der Waals surface area contributed by atoms with Crippen molar-refractivity contribution in [1.82, 2.24) is 5.32 Å². The highest BCUT2D eigenvalue weighted by Crippen LogP contribution is 2.27. The van der Waals surface area contributed by atoms with Gasteiger partial charge in [0.1, 0.15) is 4.49 Å². The fourth-order valence-corrected chi connectivity index (χ4v) is 2.67. The SMILES string of the molecule is O=C(CCCN1C(=O)CCc2ccccc21)NCC(Cl)=C(Cl)Cl. The third-order valence-electron chi connectivity index (χ3n) is 3.62. The predicted octanol–water partition coefficient (Wildman–Crippen LogP) is 3.75. The van der Waals surface area contributed by atoms with Crippen molar-refractivity contribution in [3.8, 4) is 0 Å². The van der Waals surface area contributed by atoms with E-state index in [0.717, 1.165) is 12.1 Å². The molecule has 0 radical (unpaired) electrons. The number of hydrogen-bond acceptors (Lipinski definition) is 2. The van der Waals surface area contributed by atoms with Crippen LogP contribution < -0.4 is 10.2 Å². The molecule has 1 heterocycles. The number of hydrogen-bond donors (Lipinski definition) is 1. The number of amides is 2. The molecule has 124 valence electrons. The summed E-state index contributed by atoms with van der Waals surface area (Å²) in [6, 6.07) is 7.87. The average molecular weight is 376 g/mol. The number of nitrogens with zero attached hydrogens (tertiary/aromatic N) is 1. The minimum Gasteiger partial charge on any atom is -0.351 e. The highest BCUT2D eigenvalue weighted by atomic mass is 35.5. The van der Waals surface area contributed by atoms with Crippen LogP contribution in [0.1, 0.15) is 24.8 Å². The number of nitrogens with one attached hydrogen (secondary N) is 1. The van der Waals surface area contributed by atoms with E-state index in [1.165, 1.54) is 5.56 Å². The van der Waals surface area contributed by atoms with Gasteiger partial charge in [0.25, 0.3) is 0 Å². The van der Waals surface area contributed by atoms with Crippen LogP contribution >= 0.6 is 34.8 Å². The highest BCUT2D eigenvalue weighted by molar-refractivity contribution is 6.59. The maximum absolute atomic E-state index is 12.1. The maximum atomic E-state index is 12.1. The molecule has 1 N–H and O–H groups in total. The summed E-state index contributed by atoms with van der Waals surface area (Å²) >= 11 is 16.7. The van der Waals surface area contributed by atoms with Crippen molar-refractivity contribution in [2.24, 2.45) is 0 Å². The van der Waals surface area contributed by atoms with Gasteiger partial charge in [-0.05, 0) is 24.5 Å². The molecule has 1 aliphatic rings. The lowest BCUT2D eigenvalue weighted by Gasteiger charge is -2.29. The second-order valence-corrected chi connectivity index (χ2v) is 6.63. The number of fused-ring (bicyclic) bond motifs is 1. The van der Waals surface area contributed by atoms with Gasteiger partial charge in [0, 0.05) is 25.1 Å². The van der Waals surface area contributed by atoms with Gasteiger partial charge in [0.2, 0.25) is 11.8 Å². The molecule has 0 aromatic heterocycles. The zero-order valence-electron chi connectivity index (χ0n) is 12.4. The van der Waals surface area contributed by atoms with E-state index in [1.807, 2.05) is 24.3 Å². The van der Waals surface area contributed by atoms with Gasteiger partial charge in [0.05, 0.1) is 11.6 Å². The minimum atomic E-state index is -0.157. The monoisotopic (exact) mass is 374 g/mol. The number of aryl methyl sites for hydroxylation is 1.